The lowest BCUT2D eigenvalue weighted by atomic mass is 9.98. The number of hydrogen-bond donors (Lipinski definition) is 2. The number of nitrogens with two attached hydrogens (primary N) is 1. The molecular formula is C31H29N5. The van der Waals surface area contributed by atoms with Gasteiger partial charge in [-0.05, 0) is 22.3 Å². The molecule has 178 valence electrons. The van der Waals surface area contributed by atoms with Crippen LogP contribution in [-0.2, 0) is 13.1 Å². The van der Waals surface area contributed by atoms with Crippen molar-refractivity contribution in [2.24, 2.45) is 0 Å². The van der Waals surface area contributed by atoms with Crippen LogP contribution in [0.25, 0.3) is 0 Å². The third-order valence-electron chi connectivity index (χ3n) is 6.14. The number of nitrogen functional groups attached to an aromatic ring is 1. The van der Waals surface area contributed by atoms with Crippen molar-refractivity contribution in [2.45, 2.75) is 19.1 Å². The molecule has 1 heterocycles. The van der Waals surface area contributed by atoms with E-state index in [4.69, 9.17) is 5.73 Å². The molecule has 0 saturated heterocycles. The Morgan fingerprint density at radius 2 is 1.06 bits per heavy atom. The summed E-state index contributed by atoms with van der Waals surface area (Å²) in [6.07, 6.45) is 1.59. The summed E-state index contributed by atoms with van der Waals surface area (Å²) in [6, 6.07) is 41.3. The molecule has 0 radical (unpaired) electrons. The Hall–Kier alpha value is -4.64. The first kappa shape index (κ1) is 23.1. The van der Waals surface area contributed by atoms with Gasteiger partial charge in [-0.1, -0.05) is 121 Å². The lowest BCUT2D eigenvalue weighted by Crippen LogP contribution is -2.25. The van der Waals surface area contributed by atoms with E-state index >= 15 is 0 Å². The molecule has 5 aromatic rings. The van der Waals surface area contributed by atoms with Crippen molar-refractivity contribution in [2.75, 3.05) is 16.0 Å². The zero-order valence-corrected chi connectivity index (χ0v) is 20.0. The average molecular weight is 472 g/mol. The molecule has 0 amide bonds. The first-order valence-electron chi connectivity index (χ1n) is 12.1. The highest BCUT2D eigenvalue weighted by Crippen LogP contribution is 2.33. The Balaban J connectivity index is 1.50. The van der Waals surface area contributed by atoms with E-state index in [1.165, 1.54) is 11.1 Å². The van der Waals surface area contributed by atoms with Gasteiger partial charge in [-0.15, -0.1) is 0 Å². The Kier molecular flexibility index (Phi) is 7.19. The highest BCUT2D eigenvalue weighted by atomic mass is 15.2. The Bertz CT molecular complexity index is 1280. The van der Waals surface area contributed by atoms with Crippen LogP contribution in [0.1, 0.15) is 28.3 Å². The molecule has 0 saturated carbocycles. The molecule has 3 N–H and O–H groups in total. The molecule has 5 nitrogen and oxygen atoms in total. The Morgan fingerprint density at radius 3 is 1.53 bits per heavy atom. The van der Waals surface area contributed by atoms with E-state index in [0.717, 1.165) is 11.1 Å². The molecular weight excluding hydrogens is 442 g/mol. The highest BCUT2D eigenvalue weighted by Gasteiger charge is 2.20. The lowest BCUT2D eigenvalue weighted by Gasteiger charge is -2.27. The zero-order valence-electron chi connectivity index (χ0n) is 20.0. The smallest absolute Gasteiger partial charge is 0.158 e. The van der Waals surface area contributed by atoms with Gasteiger partial charge in [-0.2, -0.15) is 0 Å². The minimum Gasteiger partial charge on any atom is -0.393 e. The van der Waals surface area contributed by atoms with Crippen molar-refractivity contribution in [3.63, 3.8) is 0 Å². The van der Waals surface area contributed by atoms with Crippen molar-refractivity contribution in [3.05, 3.63) is 150 Å². The predicted molar refractivity (Wildman–Crippen MR) is 148 cm³/mol. The summed E-state index contributed by atoms with van der Waals surface area (Å²) in [7, 11) is 0. The van der Waals surface area contributed by atoms with Gasteiger partial charge in [0.2, 0.25) is 0 Å². The summed E-state index contributed by atoms with van der Waals surface area (Å²) in [5, 5.41) is 3.60. The van der Waals surface area contributed by atoms with E-state index in [2.05, 4.69) is 93.0 Å². The van der Waals surface area contributed by atoms with Gasteiger partial charge in [0.05, 0.1) is 6.04 Å². The standard InChI is InChI=1S/C31H29N5/c32-28-30(35-29(26-17-9-3-10-18-26)27-19-11-4-12-20-27)33-23-34-31(28)36(21-24-13-5-1-6-14-24)22-25-15-7-2-8-16-25/h1-20,23,29H,21-22,32H2,(H,33,34,35). The number of hydrogen-bond acceptors (Lipinski definition) is 5. The van der Waals surface area contributed by atoms with Crippen molar-refractivity contribution < 1.29 is 0 Å². The fraction of sp³-hybridized carbons (Fsp3) is 0.0968. The molecule has 5 heteroatoms. The van der Waals surface area contributed by atoms with Crippen LogP contribution in [0, 0.1) is 0 Å². The third-order valence-corrected chi connectivity index (χ3v) is 6.14. The summed E-state index contributed by atoms with van der Waals surface area (Å²) < 4.78 is 0. The van der Waals surface area contributed by atoms with E-state index < -0.39 is 0 Å². The third kappa shape index (κ3) is 5.53. The number of nitrogens with zero attached hydrogens (tertiary/aromatic N) is 3. The van der Waals surface area contributed by atoms with Gasteiger partial charge in [0.15, 0.2) is 11.6 Å². The van der Waals surface area contributed by atoms with Crippen molar-refractivity contribution >= 4 is 17.3 Å². The molecule has 0 fully saturated rings. The van der Waals surface area contributed by atoms with Crippen molar-refractivity contribution in [1.82, 2.24) is 9.97 Å². The highest BCUT2D eigenvalue weighted by molar-refractivity contribution is 5.75. The Labute approximate surface area is 212 Å². The monoisotopic (exact) mass is 471 g/mol. The summed E-state index contributed by atoms with van der Waals surface area (Å²) in [5.74, 6) is 1.32. The summed E-state index contributed by atoms with van der Waals surface area (Å²) in [5.41, 5.74) is 11.9. The molecule has 0 bridgehead atoms. The molecule has 5 rings (SSSR count). The van der Waals surface area contributed by atoms with Gasteiger partial charge in [-0.3, -0.25) is 0 Å². The maximum atomic E-state index is 6.77. The van der Waals surface area contributed by atoms with Gasteiger partial charge in [0, 0.05) is 13.1 Å². The minimum atomic E-state index is -0.103. The molecule has 0 aliphatic carbocycles. The lowest BCUT2D eigenvalue weighted by molar-refractivity contribution is 0.781. The number of aromatic nitrogens is 2. The van der Waals surface area contributed by atoms with Gasteiger partial charge in [0.1, 0.15) is 12.0 Å². The van der Waals surface area contributed by atoms with Crippen molar-refractivity contribution in [1.29, 1.82) is 0 Å². The van der Waals surface area contributed by atoms with Crippen LogP contribution >= 0.6 is 0 Å². The van der Waals surface area contributed by atoms with Crippen LogP contribution in [0.15, 0.2) is 128 Å². The van der Waals surface area contributed by atoms with E-state index in [-0.39, 0.29) is 6.04 Å². The fourth-order valence-electron chi connectivity index (χ4n) is 4.35. The molecule has 0 aliphatic heterocycles. The molecule has 4 aromatic carbocycles. The van der Waals surface area contributed by atoms with Gasteiger partial charge >= 0.3 is 0 Å². The van der Waals surface area contributed by atoms with E-state index in [1.54, 1.807) is 6.33 Å². The maximum Gasteiger partial charge on any atom is 0.158 e. The van der Waals surface area contributed by atoms with Crippen LogP contribution in [0.3, 0.4) is 0 Å². The second-order valence-corrected chi connectivity index (χ2v) is 8.69. The number of anilines is 3. The largest absolute Gasteiger partial charge is 0.393 e. The first-order chi connectivity index (χ1) is 17.8. The van der Waals surface area contributed by atoms with Gasteiger partial charge in [-0.25, -0.2) is 9.97 Å². The number of rotatable bonds is 9. The maximum absolute atomic E-state index is 6.77. The average Bonchev–Trinajstić information content (AvgIpc) is 2.94. The minimum absolute atomic E-state index is 0.103. The molecule has 1 aromatic heterocycles. The SMILES string of the molecule is Nc1c(NC(c2ccccc2)c2ccccc2)ncnc1N(Cc1ccccc1)Cc1ccccc1. The van der Waals surface area contributed by atoms with E-state index in [0.29, 0.717) is 30.4 Å². The van der Waals surface area contributed by atoms with E-state index in [9.17, 15) is 0 Å². The number of nitrogens with one attached hydrogen (secondary N) is 1. The predicted octanol–water partition coefficient (Wildman–Crippen LogP) is 6.47. The topological polar surface area (TPSA) is 67.1 Å². The summed E-state index contributed by atoms with van der Waals surface area (Å²) in [4.78, 5) is 11.4. The molecule has 0 atom stereocenters. The normalized spacial score (nSPS) is 10.8. The molecule has 36 heavy (non-hydrogen) atoms. The second kappa shape index (κ2) is 11.2. The van der Waals surface area contributed by atoms with Crippen LogP contribution in [-0.4, -0.2) is 9.97 Å². The summed E-state index contributed by atoms with van der Waals surface area (Å²) >= 11 is 0. The van der Waals surface area contributed by atoms with Crippen molar-refractivity contribution in [3.8, 4) is 0 Å². The number of benzene rings is 4. The molecule has 0 aliphatic rings. The molecule has 0 spiro atoms. The quantitative estimate of drug-likeness (QED) is 0.258. The van der Waals surface area contributed by atoms with E-state index in [1.807, 2.05) is 48.5 Å². The van der Waals surface area contributed by atoms with Gasteiger partial charge in [0.25, 0.3) is 0 Å². The van der Waals surface area contributed by atoms with Crippen LogP contribution in [0.4, 0.5) is 17.3 Å². The first-order valence-corrected chi connectivity index (χ1v) is 12.1. The second-order valence-electron chi connectivity index (χ2n) is 8.69. The fourth-order valence-corrected chi connectivity index (χ4v) is 4.35. The summed E-state index contributed by atoms with van der Waals surface area (Å²) in [6.45, 7) is 1.36. The zero-order chi connectivity index (χ0) is 24.6. The Morgan fingerprint density at radius 1 is 0.611 bits per heavy atom. The van der Waals surface area contributed by atoms with Crippen LogP contribution in [0.5, 0.6) is 0 Å². The molecule has 0 unspecified atom stereocenters. The van der Waals surface area contributed by atoms with Crippen LogP contribution < -0.4 is 16.0 Å². The van der Waals surface area contributed by atoms with Gasteiger partial charge < -0.3 is 16.0 Å². The van der Waals surface area contributed by atoms with Crippen LogP contribution in [0.2, 0.25) is 0 Å².